The third-order valence-corrected chi connectivity index (χ3v) is 4.08. The first-order valence-corrected chi connectivity index (χ1v) is 5.12. The summed E-state index contributed by atoms with van der Waals surface area (Å²) in [5.41, 5.74) is 5.71. The summed E-state index contributed by atoms with van der Waals surface area (Å²) in [5, 5.41) is 8.92. The van der Waals surface area contributed by atoms with Crippen molar-refractivity contribution in [3.05, 3.63) is 0 Å². The average Bonchev–Trinajstić information content (AvgIpc) is 2.19. The van der Waals surface area contributed by atoms with Crippen molar-refractivity contribution >= 4 is 5.97 Å². The SMILES string of the molecule is N[C@H](C(=O)O)C12CCC(CC1)CC2. The van der Waals surface area contributed by atoms with Crippen LogP contribution < -0.4 is 5.73 Å². The maximum absolute atomic E-state index is 10.9. The van der Waals surface area contributed by atoms with Gasteiger partial charge < -0.3 is 10.8 Å². The molecule has 3 aliphatic rings. The summed E-state index contributed by atoms with van der Waals surface area (Å²) in [6, 6.07) is -0.631. The summed E-state index contributed by atoms with van der Waals surface area (Å²) in [5.74, 6) is 0.0446. The summed E-state index contributed by atoms with van der Waals surface area (Å²) < 4.78 is 0. The van der Waals surface area contributed by atoms with Crippen molar-refractivity contribution in [1.82, 2.24) is 0 Å². The minimum atomic E-state index is -0.819. The van der Waals surface area contributed by atoms with Crippen molar-refractivity contribution in [2.24, 2.45) is 17.1 Å². The monoisotopic (exact) mass is 183 g/mol. The maximum Gasteiger partial charge on any atom is 0.321 e. The van der Waals surface area contributed by atoms with E-state index in [2.05, 4.69) is 0 Å². The van der Waals surface area contributed by atoms with Crippen LogP contribution in [0, 0.1) is 11.3 Å². The zero-order chi connectivity index (χ0) is 9.47. The molecule has 3 saturated carbocycles. The van der Waals surface area contributed by atoms with E-state index in [4.69, 9.17) is 10.8 Å². The second-order valence-corrected chi connectivity index (χ2v) is 4.66. The zero-order valence-corrected chi connectivity index (χ0v) is 7.83. The van der Waals surface area contributed by atoms with Gasteiger partial charge in [-0.1, -0.05) is 0 Å². The third-order valence-electron chi connectivity index (χ3n) is 4.08. The first kappa shape index (κ1) is 9.00. The fourth-order valence-corrected chi connectivity index (χ4v) is 3.01. The Hall–Kier alpha value is -0.570. The predicted molar refractivity (Wildman–Crippen MR) is 49.2 cm³/mol. The molecular formula is C10H17NO2. The highest BCUT2D eigenvalue weighted by atomic mass is 16.4. The summed E-state index contributed by atoms with van der Waals surface area (Å²) in [4.78, 5) is 10.9. The van der Waals surface area contributed by atoms with E-state index < -0.39 is 12.0 Å². The maximum atomic E-state index is 10.9. The molecule has 0 aromatic carbocycles. The highest BCUT2D eigenvalue weighted by Crippen LogP contribution is 2.51. The molecule has 74 valence electrons. The minimum Gasteiger partial charge on any atom is -0.480 e. The molecule has 0 heterocycles. The lowest BCUT2D eigenvalue weighted by Crippen LogP contribution is -2.51. The van der Waals surface area contributed by atoms with Crippen LogP contribution in [0.5, 0.6) is 0 Å². The molecule has 3 N–H and O–H groups in total. The van der Waals surface area contributed by atoms with E-state index in [9.17, 15) is 4.79 Å². The van der Waals surface area contributed by atoms with E-state index in [1.54, 1.807) is 0 Å². The van der Waals surface area contributed by atoms with Crippen molar-refractivity contribution in [3.63, 3.8) is 0 Å². The van der Waals surface area contributed by atoms with Gasteiger partial charge in [-0.05, 0) is 49.9 Å². The molecule has 3 rings (SSSR count). The number of hydrogen-bond acceptors (Lipinski definition) is 2. The van der Waals surface area contributed by atoms with Gasteiger partial charge in [0.2, 0.25) is 0 Å². The molecule has 0 aromatic heterocycles. The van der Waals surface area contributed by atoms with Crippen molar-refractivity contribution in [1.29, 1.82) is 0 Å². The minimum absolute atomic E-state index is 0.0550. The fraction of sp³-hybridized carbons (Fsp3) is 0.900. The molecule has 0 radical (unpaired) electrons. The highest BCUT2D eigenvalue weighted by molar-refractivity contribution is 5.74. The topological polar surface area (TPSA) is 63.3 Å². The van der Waals surface area contributed by atoms with Crippen LogP contribution in [0.1, 0.15) is 38.5 Å². The Morgan fingerprint density at radius 3 is 2.15 bits per heavy atom. The third kappa shape index (κ3) is 1.35. The lowest BCUT2D eigenvalue weighted by molar-refractivity contribution is -0.144. The van der Waals surface area contributed by atoms with Gasteiger partial charge in [-0.2, -0.15) is 0 Å². The van der Waals surface area contributed by atoms with E-state index in [0.29, 0.717) is 0 Å². The van der Waals surface area contributed by atoms with Gasteiger partial charge in [-0.25, -0.2) is 0 Å². The molecule has 0 amide bonds. The van der Waals surface area contributed by atoms with E-state index >= 15 is 0 Å². The first-order chi connectivity index (χ1) is 6.14. The molecule has 2 bridgehead atoms. The Balaban J connectivity index is 2.14. The zero-order valence-electron chi connectivity index (χ0n) is 7.83. The van der Waals surface area contributed by atoms with Gasteiger partial charge >= 0.3 is 5.97 Å². The van der Waals surface area contributed by atoms with Crippen LogP contribution in [-0.4, -0.2) is 17.1 Å². The van der Waals surface area contributed by atoms with E-state index in [1.165, 1.54) is 19.3 Å². The number of hydrogen-bond donors (Lipinski definition) is 2. The Morgan fingerprint density at radius 2 is 1.77 bits per heavy atom. The van der Waals surface area contributed by atoms with Crippen molar-refractivity contribution in [2.45, 2.75) is 44.6 Å². The van der Waals surface area contributed by atoms with Gasteiger partial charge in [0.1, 0.15) is 6.04 Å². The van der Waals surface area contributed by atoms with Crippen LogP contribution in [0.15, 0.2) is 0 Å². The number of carboxylic acids is 1. The molecule has 0 aromatic rings. The van der Waals surface area contributed by atoms with Gasteiger partial charge in [0, 0.05) is 0 Å². The average molecular weight is 183 g/mol. The molecule has 1 atom stereocenters. The van der Waals surface area contributed by atoms with E-state index in [-0.39, 0.29) is 5.41 Å². The largest absolute Gasteiger partial charge is 0.480 e. The lowest BCUT2D eigenvalue weighted by atomic mass is 9.58. The van der Waals surface area contributed by atoms with Crippen LogP contribution in [0.2, 0.25) is 0 Å². The number of fused-ring (bicyclic) bond motifs is 3. The number of carboxylic acid groups (broad SMARTS) is 1. The van der Waals surface area contributed by atoms with Crippen LogP contribution in [-0.2, 0) is 4.79 Å². The molecule has 0 aliphatic heterocycles. The second kappa shape index (κ2) is 2.98. The number of carbonyl (C=O) groups is 1. The highest BCUT2D eigenvalue weighted by Gasteiger charge is 2.46. The summed E-state index contributed by atoms with van der Waals surface area (Å²) in [6.07, 6.45) is 6.68. The number of nitrogens with two attached hydrogens (primary N) is 1. The molecule has 0 spiro atoms. The Labute approximate surface area is 78.3 Å². The normalized spacial score (nSPS) is 40.2. The predicted octanol–water partition coefficient (Wildman–Crippen LogP) is 1.37. The Bertz CT molecular complexity index is 205. The van der Waals surface area contributed by atoms with Gasteiger partial charge in [-0.15, -0.1) is 0 Å². The number of aliphatic carboxylic acids is 1. The van der Waals surface area contributed by atoms with Gasteiger partial charge in [0.15, 0.2) is 0 Å². The van der Waals surface area contributed by atoms with Gasteiger partial charge in [0.05, 0.1) is 0 Å². The second-order valence-electron chi connectivity index (χ2n) is 4.66. The summed E-state index contributed by atoms with van der Waals surface area (Å²) in [7, 11) is 0. The van der Waals surface area contributed by atoms with Crippen LogP contribution >= 0.6 is 0 Å². The smallest absolute Gasteiger partial charge is 0.321 e. The Kier molecular flexibility index (Phi) is 2.06. The summed E-state index contributed by atoms with van der Waals surface area (Å²) >= 11 is 0. The van der Waals surface area contributed by atoms with Crippen LogP contribution in [0.4, 0.5) is 0 Å². The standard InChI is InChI=1S/C10H17NO2/c11-8(9(12)13)10-4-1-7(2-5-10)3-6-10/h7-8H,1-6,11H2,(H,12,13)/t7?,8-,10?/m1/s1. The molecule has 3 fully saturated rings. The van der Waals surface area contributed by atoms with Crippen molar-refractivity contribution in [3.8, 4) is 0 Å². The molecule has 13 heavy (non-hydrogen) atoms. The van der Waals surface area contributed by atoms with E-state index in [0.717, 1.165) is 25.2 Å². The molecular weight excluding hydrogens is 166 g/mol. The Morgan fingerprint density at radius 1 is 1.31 bits per heavy atom. The summed E-state index contributed by atoms with van der Waals surface area (Å²) in [6.45, 7) is 0. The van der Waals surface area contributed by atoms with Crippen molar-refractivity contribution in [2.75, 3.05) is 0 Å². The van der Waals surface area contributed by atoms with Gasteiger partial charge in [0.25, 0.3) is 0 Å². The molecule has 0 unspecified atom stereocenters. The lowest BCUT2D eigenvalue weighted by Gasteiger charge is -2.48. The number of rotatable bonds is 2. The molecule has 3 heteroatoms. The van der Waals surface area contributed by atoms with Crippen LogP contribution in [0.25, 0.3) is 0 Å². The van der Waals surface area contributed by atoms with Gasteiger partial charge in [-0.3, -0.25) is 4.79 Å². The molecule has 3 nitrogen and oxygen atoms in total. The fourth-order valence-electron chi connectivity index (χ4n) is 3.01. The quantitative estimate of drug-likeness (QED) is 0.679. The van der Waals surface area contributed by atoms with Crippen LogP contribution in [0.3, 0.4) is 0 Å². The molecule has 3 aliphatic carbocycles. The van der Waals surface area contributed by atoms with Crippen molar-refractivity contribution < 1.29 is 9.90 Å². The van der Waals surface area contributed by atoms with E-state index in [1.807, 2.05) is 0 Å². The first-order valence-electron chi connectivity index (χ1n) is 5.12. The molecule has 0 saturated heterocycles.